The van der Waals surface area contributed by atoms with Crippen molar-refractivity contribution < 1.29 is 8.73 Å². The summed E-state index contributed by atoms with van der Waals surface area (Å²) >= 11 is 1.59. The predicted molar refractivity (Wildman–Crippen MR) is 93.7 cm³/mol. The predicted octanol–water partition coefficient (Wildman–Crippen LogP) is 4.37. The van der Waals surface area contributed by atoms with E-state index in [0.29, 0.717) is 17.4 Å². The molecule has 4 nitrogen and oxygen atoms in total. The Kier molecular flexibility index (Phi) is 5.03. The Morgan fingerprint density at radius 1 is 1.17 bits per heavy atom. The van der Waals surface area contributed by atoms with E-state index in [1.807, 2.05) is 6.20 Å². The van der Waals surface area contributed by atoms with E-state index >= 15 is 0 Å². The fourth-order valence-electron chi connectivity index (χ4n) is 2.20. The molecule has 3 aromatic rings. The van der Waals surface area contributed by atoms with E-state index < -0.39 is 10.8 Å². The molecule has 0 spiro atoms. The van der Waals surface area contributed by atoms with Gasteiger partial charge in [0.05, 0.1) is 17.2 Å². The van der Waals surface area contributed by atoms with Gasteiger partial charge in [0.2, 0.25) is 0 Å². The minimum absolute atomic E-state index is 0.410. The monoisotopic (exact) mass is 346 g/mol. The van der Waals surface area contributed by atoms with Crippen LogP contribution >= 0.6 is 11.3 Å². The van der Waals surface area contributed by atoms with Gasteiger partial charge in [0.15, 0.2) is 0 Å². The third-order valence-corrected chi connectivity index (χ3v) is 5.96. The number of rotatable bonds is 6. The van der Waals surface area contributed by atoms with Gasteiger partial charge in [0.25, 0.3) is 0 Å². The van der Waals surface area contributed by atoms with Crippen molar-refractivity contribution >= 4 is 22.1 Å². The number of aromatic nitrogens is 2. The molecule has 6 heteroatoms. The third kappa shape index (κ3) is 4.14. The molecule has 3 rings (SSSR count). The number of thiazole rings is 1. The highest BCUT2D eigenvalue weighted by atomic mass is 32.2. The van der Waals surface area contributed by atoms with Crippen molar-refractivity contribution in [1.82, 2.24) is 10.1 Å². The summed E-state index contributed by atoms with van der Waals surface area (Å²) in [6, 6.07) is 10.2. The molecule has 0 radical (unpaired) electrons. The summed E-state index contributed by atoms with van der Waals surface area (Å²) in [6.45, 7) is 4.36. The second-order valence-corrected chi connectivity index (χ2v) is 8.20. The molecule has 0 saturated carbocycles. The van der Waals surface area contributed by atoms with E-state index in [0.717, 1.165) is 21.1 Å². The van der Waals surface area contributed by atoms with Gasteiger partial charge in [-0.25, -0.2) is 4.98 Å². The second-order valence-electron chi connectivity index (χ2n) is 5.63. The highest BCUT2D eigenvalue weighted by Crippen LogP contribution is 2.27. The molecule has 0 fully saturated rings. The lowest BCUT2D eigenvalue weighted by Crippen LogP contribution is -1.98. The van der Waals surface area contributed by atoms with Crippen molar-refractivity contribution in [1.29, 1.82) is 0 Å². The molecule has 0 bridgehead atoms. The molecule has 2 aromatic heterocycles. The Balaban J connectivity index is 1.66. The average molecular weight is 346 g/mol. The molecule has 0 unspecified atom stereocenters. The lowest BCUT2D eigenvalue weighted by Gasteiger charge is -2.05. The van der Waals surface area contributed by atoms with Crippen molar-refractivity contribution in [3.8, 4) is 10.6 Å². The maximum absolute atomic E-state index is 12.2. The fraction of sp³-hybridized carbons (Fsp3) is 0.294. The smallest absolute Gasteiger partial charge is 0.124 e. The Morgan fingerprint density at radius 3 is 2.61 bits per heavy atom. The van der Waals surface area contributed by atoms with Crippen LogP contribution in [-0.4, -0.2) is 14.3 Å². The maximum atomic E-state index is 12.2. The minimum Gasteiger partial charge on any atom is -0.364 e. The standard InChI is InChI=1S/C17H18N2O2S2/c1-12(2)13-3-5-14(6-4-13)17-18-9-16(22-17)11-23(20)10-15-7-8-21-19-15/h3-9,12H,10-11H2,1-2H3/t23-/m0/s1. The molecule has 1 atom stereocenters. The Labute approximate surface area is 142 Å². The summed E-state index contributed by atoms with van der Waals surface area (Å²) in [6.07, 6.45) is 3.31. The summed E-state index contributed by atoms with van der Waals surface area (Å²) in [5, 5.41) is 4.76. The fourth-order valence-corrected chi connectivity index (χ4v) is 4.52. The zero-order valence-corrected chi connectivity index (χ0v) is 14.7. The summed E-state index contributed by atoms with van der Waals surface area (Å²) in [4.78, 5) is 5.48. The van der Waals surface area contributed by atoms with Crippen LogP contribution in [0.4, 0.5) is 0 Å². The van der Waals surface area contributed by atoms with Crippen LogP contribution in [0.5, 0.6) is 0 Å². The molecule has 120 valence electrons. The molecular formula is C17H18N2O2S2. The average Bonchev–Trinajstić information content (AvgIpc) is 3.19. The molecule has 0 aliphatic carbocycles. The lowest BCUT2D eigenvalue weighted by atomic mass is 10.0. The molecule has 0 amide bonds. The first-order valence-corrected chi connectivity index (χ1v) is 9.71. The first-order valence-electron chi connectivity index (χ1n) is 7.41. The number of benzene rings is 1. The van der Waals surface area contributed by atoms with E-state index in [9.17, 15) is 4.21 Å². The topological polar surface area (TPSA) is 56.0 Å². The van der Waals surface area contributed by atoms with Gasteiger partial charge in [0.1, 0.15) is 11.3 Å². The third-order valence-electron chi connectivity index (χ3n) is 3.48. The zero-order chi connectivity index (χ0) is 16.2. The van der Waals surface area contributed by atoms with E-state index in [1.165, 1.54) is 11.8 Å². The zero-order valence-electron chi connectivity index (χ0n) is 13.1. The number of nitrogens with zero attached hydrogens (tertiary/aromatic N) is 2. The van der Waals surface area contributed by atoms with Crippen LogP contribution in [-0.2, 0) is 22.3 Å². The van der Waals surface area contributed by atoms with Crippen LogP contribution in [0.3, 0.4) is 0 Å². The van der Waals surface area contributed by atoms with E-state index in [-0.39, 0.29) is 0 Å². The molecule has 0 N–H and O–H groups in total. The highest BCUT2D eigenvalue weighted by Gasteiger charge is 2.10. The van der Waals surface area contributed by atoms with Crippen molar-refractivity contribution in [3.63, 3.8) is 0 Å². The van der Waals surface area contributed by atoms with E-state index in [1.54, 1.807) is 17.4 Å². The molecule has 0 saturated heterocycles. The van der Waals surface area contributed by atoms with Crippen molar-refractivity contribution in [2.45, 2.75) is 31.3 Å². The van der Waals surface area contributed by atoms with E-state index in [2.05, 4.69) is 48.3 Å². The summed E-state index contributed by atoms with van der Waals surface area (Å²) in [5.74, 6) is 1.43. The van der Waals surface area contributed by atoms with Gasteiger partial charge in [0, 0.05) is 33.5 Å². The van der Waals surface area contributed by atoms with Crippen molar-refractivity contribution in [2.24, 2.45) is 0 Å². The van der Waals surface area contributed by atoms with Gasteiger partial charge in [-0.15, -0.1) is 11.3 Å². The van der Waals surface area contributed by atoms with Crippen LogP contribution in [0, 0.1) is 0 Å². The summed E-state index contributed by atoms with van der Waals surface area (Å²) < 4.78 is 16.9. The van der Waals surface area contributed by atoms with E-state index in [4.69, 9.17) is 4.52 Å². The SMILES string of the molecule is CC(C)c1ccc(-c2ncc(C[S@@](=O)Cc3ccon3)s2)cc1. The van der Waals surface area contributed by atoms with Crippen LogP contribution in [0.2, 0.25) is 0 Å². The first kappa shape index (κ1) is 16.1. The second kappa shape index (κ2) is 7.19. The van der Waals surface area contributed by atoms with Crippen LogP contribution < -0.4 is 0 Å². The molecule has 1 aromatic carbocycles. The number of hydrogen-bond donors (Lipinski definition) is 0. The van der Waals surface area contributed by atoms with Gasteiger partial charge in [-0.2, -0.15) is 0 Å². The molecule has 23 heavy (non-hydrogen) atoms. The van der Waals surface area contributed by atoms with Gasteiger partial charge in [-0.1, -0.05) is 43.3 Å². The lowest BCUT2D eigenvalue weighted by molar-refractivity contribution is 0.414. The van der Waals surface area contributed by atoms with Gasteiger partial charge >= 0.3 is 0 Å². The Hall–Kier alpha value is -1.79. The largest absolute Gasteiger partial charge is 0.364 e. The first-order chi connectivity index (χ1) is 11.1. The normalized spacial score (nSPS) is 12.7. The maximum Gasteiger partial charge on any atom is 0.124 e. The minimum atomic E-state index is -1.01. The van der Waals surface area contributed by atoms with Crippen LogP contribution in [0.15, 0.2) is 47.3 Å². The summed E-state index contributed by atoms with van der Waals surface area (Å²) in [7, 11) is -1.01. The van der Waals surface area contributed by atoms with Gasteiger partial charge < -0.3 is 4.52 Å². The van der Waals surface area contributed by atoms with Crippen molar-refractivity contribution in [2.75, 3.05) is 0 Å². The molecule has 2 heterocycles. The number of hydrogen-bond acceptors (Lipinski definition) is 5. The Morgan fingerprint density at radius 2 is 1.96 bits per heavy atom. The van der Waals surface area contributed by atoms with Crippen molar-refractivity contribution in [3.05, 3.63) is 58.9 Å². The van der Waals surface area contributed by atoms with Gasteiger partial charge in [-0.3, -0.25) is 4.21 Å². The van der Waals surface area contributed by atoms with Crippen LogP contribution in [0.25, 0.3) is 10.6 Å². The molecule has 0 aliphatic heterocycles. The molecular weight excluding hydrogens is 328 g/mol. The highest BCUT2D eigenvalue weighted by molar-refractivity contribution is 7.83. The summed E-state index contributed by atoms with van der Waals surface area (Å²) in [5.41, 5.74) is 3.14. The molecule has 0 aliphatic rings. The van der Waals surface area contributed by atoms with Crippen LogP contribution in [0.1, 0.15) is 35.9 Å². The quantitative estimate of drug-likeness (QED) is 0.665. The Bertz CT molecular complexity index is 777. The van der Waals surface area contributed by atoms with Gasteiger partial charge in [-0.05, 0) is 11.5 Å².